The Kier molecular flexibility index (Phi) is 4.57. The molecular weight excluding hydrogens is 220 g/mol. The Hall–Kier alpha value is -1.97. The zero-order valence-corrected chi connectivity index (χ0v) is 10.0. The molecule has 92 valence electrons. The highest BCUT2D eigenvalue weighted by molar-refractivity contribution is 5.93. The van der Waals surface area contributed by atoms with Gasteiger partial charge in [0.1, 0.15) is 5.56 Å². The fourth-order valence-electron chi connectivity index (χ4n) is 1.47. The van der Waals surface area contributed by atoms with Crippen LogP contribution in [0, 0.1) is 0 Å². The second kappa shape index (κ2) is 5.94. The van der Waals surface area contributed by atoms with E-state index in [0.717, 1.165) is 5.56 Å². The molecule has 0 aliphatic carbocycles. The van der Waals surface area contributed by atoms with Gasteiger partial charge in [-0.25, -0.2) is 4.79 Å². The molecule has 0 bridgehead atoms. The van der Waals surface area contributed by atoms with Crippen molar-refractivity contribution < 1.29 is 19.4 Å². The molecule has 0 aromatic heterocycles. The summed E-state index contributed by atoms with van der Waals surface area (Å²) in [6, 6.07) is 3.25. The van der Waals surface area contributed by atoms with E-state index < -0.39 is 5.97 Å². The van der Waals surface area contributed by atoms with Crippen LogP contribution in [0.2, 0.25) is 0 Å². The van der Waals surface area contributed by atoms with Crippen LogP contribution in [0.4, 0.5) is 0 Å². The van der Waals surface area contributed by atoms with Crippen molar-refractivity contribution in [3.63, 3.8) is 0 Å². The molecule has 1 rings (SSSR count). The molecule has 4 heteroatoms. The van der Waals surface area contributed by atoms with Crippen molar-refractivity contribution in [3.05, 3.63) is 35.9 Å². The van der Waals surface area contributed by atoms with E-state index in [1.807, 2.05) is 0 Å². The summed E-state index contributed by atoms with van der Waals surface area (Å²) in [7, 11) is 1.43. The minimum absolute atomic E-state index is 0.114. The summed E-state index contributed by atoms with van der Waals surface area (Å²) >= 11 is 0. The maximum Gasteiger partial charge on any atom is 0.342 e. The van der Waals surface area contributed by atoms with Gasteiger partial charge in [0.2, 0.25) is 0 Å². The second-order valence-electron chi connectivity index (χ2n) is 3.41. The molecule has 0 heterocycles. The molecular formula is C13H16O4. The Balaban J connectivity index is 3.21. The Labute approximate surface area is 100 Å². The molecule has 0 spiro atoms. The highest BCUT2D eigenvalue weighted by Gasteiger charge is 2.17. The predicted molar refractivity (Wildman–Crippen MR) is 64.5 cm³/mol. The fourth-order valence-corrected chi connectivity index (χ4v) is 1.47. The maximum atomic E-state index is 11.6. The predicted octanol–water partition coefficient (Wildman–Crippen LogP) is 2.31. The summed E-state index contributed by atoms with van der Waals surface area (Å²) in [5.41, 5.74) is 0.945. The lowest BCUT2D eigenvalue weighted by atomic mass is 10.1. The number of methoxy groups -OCH3 is 1. The molecule has 0 saturated carbocycles. The van der Waals surface area contributed by atoms with Crippen molar-refractivity contribution in [2.24, 2.45) is 0 Å². The minimum Gasteiger partial charge on any atom is -0.504 e. The zero-order chi connectivity index (χ0) is 12.8. The van der Waals surface area contributed by atoms with Crippen molar-refractivity contribution in [1.82, 2.24) is 0 Å². The highest BCUT2D eigenvalue weighted by atomic mass is 16.5. The van der Waals surface area contributed by atoms with Gasteiger partial charge in [-0.05, 0) is 31.0 Å². The van der Waals surface area contributed by atoms with Crippen molar-refractivity contribution in [2.45, 2.75) is 13.3 Å². The molecule has 17 heavy (non-hydrogen) atoms. The van der Waals surface area contributed by atoms with Gasteiger partial charge >= 0.3 is 5.97 Å². The lowest BCUT2D eigenvalue weighted by Gasteiger charge is -2.10. The standard InChI is InChI=1S/C13H16O4/c1-4-6-9-7-10(13(15)17-5-2)12(14)11(8-9)16-3/h4,7-8,14H,1,5-6H2,2-3H3. The first-order valence-electron chi connectivity index (χ1n) is 5.31. The number of aromatic hydroxyl groups is 1. The maximum absolute atomic E-state index is 11.6. The monoisotopic (exact) mass is 236 g/mol. The molecule has 1 N–H and O–H groups in total. The van der Waals surface area contributed by atoms with E-state index in [4.69, 9.17) is 9.47 Å². The Morgan fingerprint density at radius 2 is 2.24 bits per heavy atom. The average Bonchev–Trinajstić information content (AvgIpc) is 2.31. The number of rotatable bonds is 5. The number of carbonyl (C=O) groups excluding carboxylic acids is 1. The SMILES string of the molecule is C=CCc1cc(OC)c(O)c(C(=O)OCC)c1. The van der Waals surface area contributed by atoms with E-state index in [1.165, 1.54) is 7.11 Å². The third-order valence-corrected chi connectivity index (χ3v) is 2.23. The number of benzene rings is 1. The smallest absolute Gasteiger partial charge is 0.342 e. The van der Waals surface area contributed by atoms with E-state index in [2.05, 4.69) is 6.58 Å². The number of carbonyl (C=O) groups is 1. The van der Waals surface area contributed by atoms with Gasteiger partial charge in [-0.15, -0.1) is 6.58 Å². The van der Waals surface area contributed by atoms with E-state index in [-0.39, 0.29) is 23.7 Å². The van der Waals surface area contributed by atoms with Crippen LogP contribution < -0.4 is 4.74 Å². The third kappa shape index (κ3) is 3.00. The quantitative estimate of drug-likeness (QED) is 0.629. The summed E-state index contributed by atoms with van der Waals surface area (Å²) in [6.07, 6.45) is 2.30. The average molecular weight is 236 g/mol. The van der Waals surface area contributed by atoms with Crippen LogP contribution in [0.5, 0.6) is 11.5 Å². The molecule has 0 saturated heterocycles. The fraction of sp³-hybridized carbons (Fsp3) is 0.308. The van der Waals surface area contributed by atoms with Crippen LogP contribution in [-0.2, 0) is 11.2 Å². The lowest BCUT2D eigenvalue weighted by Crippen LogP contribution is -2.06. The van der Waals surface area contributed by atoms with Crippen LogP contribution in [0.1, 0.15) is 22.8 Å². The van der Waals surface area contributed by atoms with Gasteiger partial charge < -0.3 is 14.6 Å². The van der Waals surface area contributed by atoms with Gasteiger partial charge in [0.15, 0.2) is 11.5 Å². The summed E-state index contributed by atoms with van der Waals surface area (Å²) < 4.78 is 9.87. The lowest BCUT2D eigenvalue weighted by molar-refractivity contribution is 0.0522. The van der Waals surface area contributed by atoms with E-state index in [9.17, 15) is 9.90 Å². The minimum atomic E-state index is -0.561. The molecule has 0 fully saturated rings. The van der Waals surface area contributed by atoms with Crippen LogP contribution in [-0.4, -0.2) is 24.8 Å². The van der Waals surface area contributed by atoms with Crippen molar-refractivity contribution >= 4 is 5.97 Å². The molecule has 0 unspecified atom stereocenters. The van der Waals surface area contributed by atoms with E-state index in [1.54, 1.807) is 25.1 Å². The first-order valence-corrected chi connectivity index (χ1v) is 5.31. The van der Waals surface area contributed by atoms with Crippen LogP contribution in [0.3, 0.4) is 0 Å². The summed E-state index contributed by atoms with van der Waals surface area (Å²) in [4.78, 5) is 11.6. The molecule has 0 amide bonds. The number of allylic oxidation sites excluding steroid dienone is 1. The summed E-state index contributed by atoms with van der Waals surface area (Å²) in [5, 5.41) is 9.83. The largest absolute Gasteiger partial charge is 0.504 e. The van der Waals surface area contributed by atoms with Gasteiger partial charge in [0, 0.05) is 0 Å². The molecule has 4 nitrogen and oxygen atoms in total. The van der Waals surface area contributed by atoms with E-state index in [0.29, 0.717) is 6.42 Å². The summed E-state index contributed by atoms with van der Waals surface area (Å²) in [5.74, 6) is -0.500. The van der Waals surface area contributed by atoms with Crippen LogP contribution in [0.25, 0.3) is 0 Å². The van der Waals surface area contributed by atoms with Crippen molar-refractivity contribution in [1.29, 1.82) is 0 Å². The second-order valence-corrected chi connectivity index (χ2v) is 3.41. The van der Waals surface area contributed by atoms with Gasteiger partial charge in [-0.2, -0.15) is 0 Å². The Morgan fingerprint density at radius 1 is 1.53 bits per heavy atom. The van der Waals surface area contributed by atoms with Crippen molar-refractivity contribution in [2.75, 3.05) is 13.7 Å². The van der Waals surface area contributed by atoms with Gasteiger partial charge in [0.25, 0.3) is 0 Å². The first kappa shape index (κ1) is 13.1. The van der Waals surface area contributed by atoms with Crippen molar-refractivity contribution in [3.8, 4) is 11.5 Å². The number of phenols is 1. The van der Waals surface area contributed by atoms with E-state index >= 15 is 0 Å². The van der Waals surface area contributed by atoms with Gasteiger partial charge in [-0.3, -0.25) is 0 Å². The normalized spacial score (nSPS) is 9.76. The Bertz CT molecular complexity index is 424. The Morgan fingerprint density at radius 3 is 2.76 bits per heavy atom. The topological polar surface area (TPSA) is 55.8 Å². The molecule has 0 aliphatic heterocycles. The third-order valence-electron chi connectivity index (χ3n) is 2.23. The molecule has 0 radical (unpaired) electrons. The van der Waals surface area contributed by atoms with Gasteiger partial charge in [0.05, 0.1) is 13.7 Å². The number of esters is 1. The zero-order valence-electron chi connectivity index (χ0n) is 10.0. The number of phenolic OH excluding ortho intramolecular Hbond substituents is 1. The van der Waals surface area contributed by atoms with Crippen LogP contribution in [0.15, 0.2) is 24.8 Å². The highest BCUT2D eigenvalue weighted by Crippen LogP contribution is 2.32. The molecule has 0 atom stereocenters. The van der Waals surface area contributed by atoms with Gasteiger partial charge in [-0.1, -0.05) is 6.08 Å². The molecule has 0 aliphatic rings. The first-order chi connectivity index (χ1) is 8.13. The summed E-state index contributed by atoms with van der Waals surface area (Å²) in [6.45, 7) is 5.59. The number of hydrogen-bond donors (Lipinski definition) is 1. The number of ether oxygens (including phenoxy) is 2. The molecule has 1 aromatic rings. The number of hydrogen-bond acceptors (Lipinski definition) is 4. The van der Waals surface area contributed by atoms with Crippen LogP contribution >= 0.6 is 0 Å². The molecule has 1 aromatic carbocycles.